The summed E-state index contributed by atoms with van der Waals surface area (Å²) in [6.45, 7) is 1.93. The van der Waals surface area contributed by atoms with Crippen LogP contribution in [0.15, 0.2) is 12.1 Å². The van der Waals surface area contributed by atoms with Crippen molar-refractivity contribution in [3.63, 3.8) is 0 Å². The van der Waals surface area contributed by atoms with Gasteiger partial charge in [-0.1, -0.05) is 6.07 Å². The van der Waals surface area contributed by atoms with Gasteiger partial charge in [-0.2, -0.15) is 0 Å². The Bertz CT molecular complexity index is 390. The SMILES string of the molecule is [NH3+]CC[C@@H]1CCc2ccc3c(c21)CCO3.[Y]. The number of fused-ring (bicyclic) bond motifs is 3. The fourth-order valence-corrected chi connectivity index (χ4v) is 3.09. The molecule has 0 spiro atoms. The molecule has 2 nitrogen and oxygen atoms in total. The van der Waals surface area contributed by atoms with E-state index in [2.05, 4.69) is 17.9 Å². The summed E-state index contributed by atoms with van der Waals surface area (Å²) in [5, 5.41) is 0. The molecule has 1 aliphatic heterocycles. The molecule has 0 amide bonds. The fraction of sp³-hybridized carbons (Fsp3) is 0.538. The van der Waals surface area contributed by atoms with Gasteiger partial charge in [0, 0.05) is 51.1 Å². The van der Waals surface area contributed by atoms with Crippen molar-refractivity contribution in [3.05, 3.63) is 28.8 Å². The van der Waals surface area contributed by atoms with E-state index >= 15 is 0 Å². The van der Waals surface area contributed by atoms with Crippen molar-refractivity contribution < 1.29 is 43.2 Å². The number of rotatable bonds is 2. The Morgan fingerprint density at radius 2 is 2.19 bits per heavy atom. The monoisotopic (exact) mass is 293 g/mol. The minimum absolute atomic E-state index is 0. The van der Waals surface area contributed by atoms with E-state index in [0.717, 1.165) is 31.2 Å². The molecule has 0 saturated carbocycles. The maximum atomic E-state index is 5.63. The molecular weight excluding hydrogens is 275 g/mol. The Balaban J connectivity index is 0.000000963. The smallest absolute Gasteiger partial charge is 0.122 e. The summed E-state index contributed by atoms with van der Waals surface area (Å²) < 4.78 is 5.63. The van der Waals surface area contributed by atoms with Gasteiger partial charge in [0.25, 0.3) is 0 Å². The fourth-order valence-electron chi connectivity index (χ4n) is 3.09. The predicted octanol–water partition coefficient (Wildman–Crippen LogP) is 1.28. The van der Waals surface area contributed by atoms with E-state index in [1.807, 2.05) is 0 Å². The van der Waals surface area contributed by atoms with E-state index in [1.54, 1.807) is 11.1 Å². The summed E-state index contributed by atoms with van der Waals surface area (Å²) in [7, 11) is 0. The minimum atomic E-state index is 0. The van der Waals surface area contributed by atoms with Crippen LogP contribution < -0.4 is 10.5 Å². The maximum Gasteiger partial charge on any atom is 0.122 e. The summed E-state index contributed by atoms with van der Waals surface area (Å²) in [4.78, 5) is 0. The van der Waals surface area contributed by atoms with Gasteiger partial charge in [-0.3, -0.25) is 0 Å². The molecular formula is C13H18NOY+. The predicted molar refractivity (Wildman–Crippen MR) is 59.1 cm³/mol. The number of hydrogen-bond donors (Lipinski definition) is 1. The summed E-state index contributed by atoms with van der Waals surface area (Å²) in [6.07, 6.45) is 4.93. The van der Waals surface area contributed by atoms with Crippen LogP contribution in [0.1, 0.15) is 35.4 Å². The molecule has 1 aliphatic carbocycles. The summed E-state index contributed by atoms with van der Waals surface area (Å²) in [6, 6.07) is 4.43. The van der Waals surface area contributed by atoms with Crippen LogP contribution in [0, 0.1) is 0 Å². The van der Waals surface area contributed by atoms with Gasteiger partial charge in [-0.15, -0.1) is 0 Å². The Morgan fingerprint density at radius 3 is 3.00 bits per heavy atom. The number of hydrogen-bond acceptors (Lipinski definition) is 1. The Hall–Kier alpha value is 0.0839. The van der Waals surface area contributed by atoms with Gasteiger partial charge in [-0.25, -0.2) is 0 Å². The molecule has 1 atom stereocenters. The van der Waals surface area contributed by atoms with Crippen LogP contribution in [0.3, 0.4) is 0 Å². The molecule has 3 heteroatoms. The van der Waals surface area contributed by atoms with E-state index in [4.69, 9.17) is 4.74 Å². The van der Waals surface area contributed by atoms with E-state index < -0.39 is 0 Å². The van der Waals surface area contributed by atoms with Gasteiger partial charge in [0.05, 0.1) is 13.2 Å². The maximum absolute atomic E-state index is 5.63. The molecule has 1 aromatic rings. The van der Waals surface area contributed by atoms with Crippen LogP contribution in [-0.4, -0.2) is 13.2 Å². The van der Waals surface area contributed by atoms with Crippen molar-refractivity contribution in [3.8, 4) is 5.75 Å². The number of ether oxygens (including phenoxy) is 1. The van der Waals surface area contributed by atoms with Crippen LogP contribution >= 0.6 is 0 Å². The molecule has 1 heterocycles. The first kappa shape index (κ1) is 12.5. The zero-order valence-electron chi connectivity index (χ0n) is 9.67. The van der Waals surface area contributed by atoms with Crippen molar-refractivity contribution in [1.29, 1.82) is 0 Å². The number of aryl methyl sites for hydroxylation is 1. The van der Waals surface area contributed by atoms with Crippen LogP contribution in [0.2, 0.25) is 0 Å². The molecule has 0 bridgehead atoms. The molecule has 83 valence electrons. The average Bonchev–Trinajstić information content (AvgIpc) is 2.83. The first-order valence-electron chi connectivity index (χ1n) is 5.97. The Morgan fingerprint density at radius 1 is 1.31 bits per heavy atom. The first-order chi connectivity index (χ1) is 7.40. The van der Waals surface area contributed by atoms with Gasteiger partial charge >= 0.3 is 0 Å². The first-order valence-corrected chi connectivity index (χ1v) is 5.97. The molecule has 0 saturated heterocycles. The molecule has 0 unspecified atom stereocenters. The molecule has 3 N–H and O–H groups in total. The Kier molecular flexibility index (Phi) is 4.04. The van der Waals surface area contributed by atoms with Crippen molar-refractivity contribution >= 4 is 0 Å². The topological polar surface area (TPSA) is 36.9 Å². The average molecular weight is 293 g/mol. The van der Waals surface area contributed by atoms with E-state index in [0.29, 0.717) is 0 Å². The molecule has 1 aromatic carbocycles. The van der Waals surface area contributed by atoms with Crippen LogP contribution in [0.4, 0.5) is 0 Å². The third-order valence-corrected chi connectivity index (χ3v) is 3.74. The van der Waals surface area contributed by atoms with Crippen LogP contribution in [-0.2, 0) is 45.6 Å². The molecule has 0 fully saturated rings. The van der Waals surface area contributed by atoms with Gasteiger partial charge in [0.1, 0.15) is 5.75 Å². The van der Waals surface area contributed by atoms with Crippen molar-refractivity contribution in [1.82, 2.24) is 0 Å². The van der Waals surface area contributed by atoms with Gasteiger partial charge in [0.15, 0.2) is 0 Å². The Labute approximate surface area is 122 Å². The minimum Gasteiger partial charge on any atom is -0.493 e. The number of quaternary nitrogens is 1. The van der Waals surface area contributed by atoms with Crippen molar-refractivity contribution in [2.45, 2.75) is 31.6 Å². The van der Waals surface area contributed by atoms with E-state index in [-0.39, 0.29) is 32.7 Å². The molecule has 16 heavy (non-hydrogen) atoms. The van der Waals surface area contributed by atoms with E-state index in [1.165, 1.54) is 24.8 Å². The summed E-state index contributed by atoms with van der Waals surface area (Å²) >= 11 is 0. The van der Waals surface area contributed by atoms with Crippen molar-refractivity contribution in [2.24, 2.45) is 0 Å². The summed E-state index contributed by atoms with van der Waals surface area (Å²) in [5.41, 5.74) is 8.67. The quantitative estimate of drug-likeness (QED) is 0.876. The zero-order valence-corrected chi connectivity index (χ0v) is 12.5. The van der Waals surface area contributed by atoms with Gasteiger partial charge in [-0.05, 0) is 36.0 Å². The van der Waals surface area contributed by atoms with Gasteiger partial charge < -0.3 is 10.5 Å². The van der Waals surface area contributed by atoms with E-state index in [9.17, 15) is 0 Å². The second-order valence-corrected chi connectivity index (χ2v) is 4.59. The summed E-state index contributed by atoms with van der Waals surface area (Å²) in [5.74, 6) is 1.90. The second-order valence-electron chi connectivity index (χ2n) is 4.59. The van der Waals surface area contributed by atoms with Crippen molar-refractivity contribution in [2.75, 3.05) is 13.2 Å². The zero-order chi connectivity index (χ0) is 10.3. The molecule has 3 rings (SSSR count). The normalized spacial score (nSPS) is 20.9. The molecule has 2 aliphatic rings. The van der Waals surface area contributed by atoms with Crippen LogP contribution in [0.25, 0.3) is 0 Å². The third-order valence-electron chi connectivity index (χ3n) is 3.74. The molecule has 0 aromatic heterocycles. The third kappa shape index (κ3) is 1.96. The standard InChI is InChI=1S/C13H17NO.Y/c14-7-5-10-2-1-9-3-4-12-11(13(9)10)6-8-15-12;/h3-4,10H,1-2,5-8,14H2;/p+1/t10-;/m0./s1. The number of benzene rings is 1. The molecule has 1 radical (unpaired) electrons. The largest absolute Gasteiger partial charge is 0.493 e. The van der Waals surface area contributed by atoms with Gasteiger partial charge in [0.2, 0.25) is 0 Å². The second kappa shape index (κ2) is 5.16. The van der Waals surface area contributed by atoms with Crippen LogP contribution in [0.5, 0.6) is 5.75 Å².